The summed E-state index contributed by atoms with van der Waals surface area (Å²) in [7, 11) is 1.42. The molecule has 0 bridgehead atoms. The molecule has 1 aliphatic heterocycles. The highest BCUT2D eigenvalue weighted by Crippen LogP contribution is 2.24. The molecule has 2 aromatic rings. The first-order valence-electron chi connectivity index (χ1n) is 10.3. The third-order valence-corrected chi connectivity index (χ3v) is 5.41. The van der Waals surface area contributed by atoms with Crippen molar-refractivity contribution in [2.45, 2.75) is 45.7 Å². The Morgan fingerprint density at radius 1 is 1.43 bits per heavy atom. The molecule has 8 heteroatoms. The third kappa shape index (κ3) is 5.05. The van der Waals surface area contributed by atoms with E-state index in [4.69, 9.17) is 4.74 Å². The molecule has 0 saturated heterocycles. The monoisotopic (exact) mass is 416 g/mol. The van der Waals surface area contributed by atoms with Crippen molar-refractivity contribution in [1.29, 1.82) is 0 Å². The SMILES string of the molecule is CC[C@@H](NC(=O)N1CCc2cnc(C[C@@H](C)CO)nc2C1)c1ccc(OC)c(F)c1. The first-order chi connectivity index (χ1) is 14.4. The fourth-order valence-electron chi connectivity index (χ4n) is 3.55. The van der Waals surface area contributed by atoms with E-state index in [1.54, 1.807) is 17.0 Å². The van der Waals surface area contributed by atoms with Crippen LogP contribution in [-0.4, -0.2) is 46.3 Å². The van der Waals surface area contributed by atoms with Gasteiger partial charge in [-0.05, 0) is 42.0 Å². The van der Waals surface area contributed by atoms with Crippen LogP contribution < -0.4 is 10.1 Å². The first-order valence-corrected chi connectivity index (χ1v) is 10.3. The maximum absolute atomic E-state index is 14.1. The van der Waals surface area contributed by atoms with Crippen molar-refractivity contribution in [2.24, 2.45) is 5.92 Å². The van der Waals surface area contributed by atoms with Gasteiger partial charge in [-0.3, -0.25) is 0 Å². The van der Waals surface area contributed by atoms with E-state index in [-0.39, 0.29) is 30.3 Å². The lowest BCUT2D eigenvalue weighted by Gasteiger charge is -2.30. The number of hydrogen-bond donors (Lipinski definition) is 2. The fourth-order valence-corrected chi connectivity index (χ4v) is 3.55. The number of ether oxygens (including phenoxy) is 1. The second kappa shape index (κ2) is 9.84. The Morgan fingerprint density at radius 2 is 2.23 bits per heavy atom. The van der Waals surface area contributed by atoms with E-state index in [9.17, 15) is 14.3 Å². The molecule has 162 valence electrons. The summed E-state index contributed by atoms with van der Waals surface area (Å²) >= 11 is 0. The Kier molecular flexibility index (Phi) is 7.20. The standard InChI is InChI=1S/C22H29FN4O3/c1-4-18(15-5-6-20(30-3)17(23)10-15)26-22(29)27-8-7-16-11-24-21(9-14(2)13-28)25-19(16)12-27/h5-6,10-11,14,18,28H,4,7-9,12-13H2,1-3H3,(H,26,29)/t14-,18-/m1/s1. The highest BCUT2D eigenvalue weighted by atomic mass is 19.1. The number of aromatic nitrogens is 2. The van der Waals surface area contributed by atoms with E-state index in [1.165, 1.54) is 13.2 Å². The lowest BCUT2D eigenvalue weighted by Crippen LogP contribution is -2.44. The van der Waals surface area contributed by atoms with Crippen molar-refractivity contribution in [3.63, 3.8) is 0 Å². The normalized spacial score (nSPS) is 15.3. The summed E-state index contributed by atoms with van der Waals surface area (Å²) in [6, 6.07) is 4.24. The number of amides is 2. The number of benzene rings is 1. The van der Waals surface area contributed by atoms with Crippen LogP contribution in [0.3, 0.4) is 0 Å². The Balaban J connectivity index is 1.68. The second-order valence-corrected chi connectivity index (χ2v) is 7.73. The topological polar surface area (TPSA) is 87.6 Å². The molecule has 0 radical (unpaired) electrons. The van der Waals surface area contributed by atoms with Crippen LogP contribution in [0.1, 0.15) is 49.0 Å². The van der Waals surface area contributed by atoms with Gasteiger partial charge in [-0.25, -0.2) is 19.2 Å². The van der Waals surface area contributed by atoms with Gasteiger partial charge in [0.1, 0.15) is 5.82 Å². The average Bonchev–Trinajstić information content (AvgIpc) is 2.76. The summed E-state index contributed by atoms with van der Waals surface area (Å²) in [6.45, 7) is 4.94. The highest BCUT2D eigenvalue weighted by molar-refractivity contribution is 5.75. The molecule has 2 N–H and O–H groups in total. The number of carbonyl (C=O) groups is 1. The van der Waals surface area contributed by atoms with Crippen LogP contribution >= 0.6 is 0 Å². The van der Waals surface area contributed by atoms with Gasteiger partial charge in [-0.1, -0.05) is 19.9 Å². The zero-order valence-electron chi connectivity index (χ0n) is 17.7. The third-order valence-electron chi connectivity index (χ3n) is 5.41. The summed E-state index contributed by atoms with van der Waals surface area (Å²) in [5.41, 5.74) is 2.59. The molecule has 3 rings (SSSR count). The van der Waals surface area contributed by atoms with Gasteiger partial charge in [0, 0.05) is 25.8 Å². The van der Waals surface area contributed by atoms with Crippen LogP contribution in [0.4, 0.5) is 9.18 Å². The smallest absolute Gasteiger partial charge is 0.318 e. The Labute approximate surface area is 176 Å². The Hall–Kier alpha value is -2.74. The minimum absolute atomic E-state index is 0.0827. The summed E-state index contributed by atoms with van der Waals surface area (Å²) in [5.74, 6) is 0.494. The summed E-state index contributed by atoms with van der Waals surface area (Å²) in [4.78, 5) is 23.6. The molecule has 1 aromatic carbocycles. The first kappa shape index (κ1) is 22.0. The molecule has 0 fully saturated rings. The van der Waals surface area contributed by atoms with Crippen molar-refractivity contribution in [1.82, 2.24) is 20.2 Å². The molecule has 2 amide bonds. The van der Waals surface area contributed by atoms with Crippen molar-refractivity contribution >= 4 is 6.03 Å². The summed E-state index contributed by atoms with van der Waals surface area (Å²) in [6.07, 6.45) is 3.74. The number of hydrogen-bond acceptors (Lipinski definition) is 5. The van der Waals surface area contributed by atoms with Gasteiger partial charge >= 0.3 is 6.03 Å². The fraction of sp³-hybridized carbons (Fsp3) is 0.500. The number of carbonyl (C=O) groups excluding carboxylic acids is 1. The summed E-state index contributed by atoms with van der Waals surface area (Å²) < 4.78 is 19.0. The number of rotatable bonds is 7. The predicted octanol–water partition coefficient (Wildman–Crippen LogP) is 3.01. The predicted molar refractivity (Wildman–Crippen MR) is 111 cm³/mol. The molecular formula is C22H29FN4O3. The number of fused-ring (bicyclic) bond motifs is 1. The number of urea groups is 1. The molecular weight excluding hydrogens is 387 g/mol. The Morgan fingerprint density at radius 3 is 2.90 bits per heavy atom. The lowest BCUT2D eigenvalue weighted by molar-refractivity contribution is 0.186. The van der Waals surface area contributed by atoms with Crippen LogP contribution in [0, 0.1) is 11.7 Å². The quantitative estimate of drug-likeness (QED) is 0.725. The van der Waals surface area contributed by atoms with Crippen molar-refractivity contribution in [2.75, 3.05) is 20.3 Å². The van der Waals surface area contributed by atoms with Gasteiger partial charge in [0.25, 0.3) is 0 Å². The molecule has 30 heavy (non-hydrogen) atoms. The molecule has 0 unspecified atom stereocenters. The number of halogens is 1. The van der Waals surface area contributed by atoms with Crippen LogP contribution in [0.25, 0.3) is 0 Å². The van der Waals surface area contributed by atoms with E-state index in [0.717, 1.165) is 11.3 Å². The molecule has 0 spiro atoms. The van der Waals surface area contributed by atoms with E-state index in [1.807, 2.05) is 20.0 Å². The highest BCUT2D eigenvalue weighted by Gasteiger charge is 2.25. The minimum atomic E-state index is -0.448. The number of nitrogens with zero attached hydrogens (tertiary/aromatic N) is 3. The van der Waals surface area contributed by atoms with Gasteiger partial charge < -0.3 is 20.1 Å². The Bertz CT molecular complexity index is 893. The van der Waals surface area contributed by atoms with Gasteiger partial charge in [0.2, 0.25) is 0 Å². The maximum Gasteiger partial charge on any atom is 0.318 e. The number of aliphatic hydroxyl groups excluding tert-OH is 1. The van der Waals surface area contributed by atoms with Crippen LogP contribution in [0.15, 0.2) is 24.4 Å². The van der Waals surface area contributed by atoms with E-state index >= 15 is 0 Å². The van der Waals surface area contributed by atoms with E-state index in [0.29, 0.717) is 43.7 Å². The molecule has 2 atom stereocenters. The second-order valence-electron chi connectivity index (χ2n) is 7.73. The van der Waals surface area contributed by atoms with Crippen molar-refractivity contribution in [3.05, 3.63) is 52.9 Å². The van der Waals surface area contributed by atoms with Gasteiger partial charge in [0.15, 0.2) is 11.6 Å². The number of aliphatic hydroxyl groups is 1. The van der Waals surface area contributed by atoms with Crippen LogP contribution in [0.2, 0.25) is 0 Å². The molecule has 1 aromatic heterocycles. The van der Waals surface area contributed by atoms with Gasteiger partial charge in [-0.2, -0.15) is 0 Å². The molecule has 0 saturated carbocycles. The van der Waals surface area contributed by atoms with Crippen LogP contribution in [0.5, 0.6) is 5.75 Å². The molecule has 7 nitrogen and oxygen atoms in total. The molecule has 1 aliphatic rings. The lowest BCUT2D eigenvalue weighted by atomic mass is 10.0. The van der Waals surface area contributed by atoms with E-state index < -0.39 is 5.82 Å². The number of nitrogens with one attached hydrogen (secondary N) is 1. The maximum atomic E-state index is 14.1. The van der Waals surface area contributed by atoms with Crippen molar-refractivity contribution < 1.29 is 19.0 Å². The average molecular weight is 416 g/mol. The minimum Gasteiger partial charge on any atom is -0.494 e. The zero-order chi connectivity index (χ0) is 21.7. The van der Waals surface area contributed by atoms with Gasteiger partial charge in [0.05, 0.1) is 25.4 Å². The zero-order valence-corrected chi connectivity index (χ0v) is 17.7. The van der Waals surface area contributed by atoms with Gasteiger partial charge in [-0.15, -0.1) is 0 Å². The van der Waals surface area contributed by atoms with Crippen LogP contribution in [-0.2, 0) is 19.4 Å². The molecule has 0 aliphatic carbocycles. The van der Waals surface area contributed by atoms with E-state index in [2.05, 4.69) is 15.3 Å². The van der Waals surface area contributed by atoms with Crippen molar-refractivity contribution in [3.8, 4) is 5.75 Å². The summed E-state index contributed by atoms with van der Waals surface area (Å²) in [5, 5.41) is 12.3. The number of methoxy groups -OCH3 is 1. The largest absolute Gasteiger partial charge is 0.494 e. The molecule has 2 heterocycles.